The van der Waals surface area contributed by atoms with Gasteiger partial charge in [-0.25, -0.2) is 9.97 Å². The number of anilines is 1. The number of aromatic nitrogens is 2. The van der Waals surface area contributed by atoms with Gasteiger partial charge in [0.25, 0.3) is 5.91 Å². The maximum Gasteiger partial charge on any atom is 0.251 e. The van der Waals surface area contributed by atoms with Crippen molar-refractivity contribution in [2.75, 3.05) is 38.3 Å². The third kappa shape index (κ3) is 5.15. The molecular weight excluding hydrogens is 392 g/mol. The Balaban J connectivity index is 1.48. The van der Waals surface area contributed by atoms with Crippen LogP contribution in [0.4, 0.5) is 5.95 Å². The van der Waals surface area contributed by atoms with Crippen LogP contribution in [0, 0.1) is 5.41 Å². The van der Waals surface area contributed by atoms with E-state index >= 15 is 0 Å². The summed E-state index contributed by atoms with van der Waals surface area (Å²) in [6.07, 6.45) is 6.06. The molecule has 2 aromatic rings. The molecule has 1 atom stereocenters. The second kappa shape index (κ2) is 9.22. The van der Waals surface area contributed by atoms with Crippen molar-refractivity contribution < 1.29 is 14.3 Å². The lowest BCUT2D eigenvalue weighted by atomic mass is 9.74. The first kappa shape index (κ1) is 21.6. The van der Waals surface area contributed by atoms with Crippen LogP contribution in [0.15, 0.2) is 30.5 Å². The number of nitrogens with zero attached hydrogens (tertiary/aromatic N) is 3. The van der Waals surface area contributed by atoms with E-state index in [1.807, 2.05) is 18.3 Å². The number of fused-ring (bicyclic) bond motifs is 1. The van der Waals surface area contributed by atoms with E-state index in [1.54, 1.807) is 19.2 Å². The molecule has 0 radical (unpaired) electrons. The number of hydrogen-bond acceptors (Lipinski definition) is 6. The van der Waals surface area contributed by atoms with Gasteiger partial charge in [0.1, 0.15) is 12.4 Å². The number of rotatable bonds is 7. The minimum Gasteiger partial charge on any atom is -0.491 e. The molecule has 4 rings (SSSR count). The van der Waals surface area contributed by atoms with Crippen LogP contribution in [0.25, 0.3) is 0 Å². The van der Waals surface area contributed by atoms with Gasteiger partial charge in [-0.1, -0.05) is 13.8 Å². The predicted molar refractivity (Wildman–Crippen MR) is 120 cm³/mol. The number of carbonyl (C=O) groups excluding carboxylic acids is 1. The van der Waals surface area contributed by atoms with Crippen molar-refractivity contribution in [2.45, 2.75) is 45.6 Å². The number of benzene rings is 1. The van der Waals surface area contributed by atoms with Gasteiger partial charge in [0, 0.05) is 37.5 Å². The van der Waals surface area contributed by atoms with Gasteiger partial charge in [0.2, 0.25) is 5.95 Å². The average molecular weight is 425 g/mol. The second-order valence-corrected chi connectivity index (χ2v) is 9.20. The SMILES string of the molecule is COCCOc1ccc(C(=O)NC2CC(C)(C)Cc3nc(N4CCCC4)ncc32)cc1. The smallest absolute Gasteiger partial charge is 0.251 e. The van der Waals surface area contributed by atoms with Gasteiger partial charge in [-0.05, 0) is 55.4 Å². The molecule has 1 N–H and O–H groups in total. The summed E-state index contributed by atoms with van der Waals surface area (Å²) in [6.45, 7) is 7.52. The Hall–Kier alpha value is -2.67. The van der Waals surface area contributed by atoms with Crippen LogP contribution in [0.5, 0.6) is 5.75 Å². The third-order valence-electron chi connectivity index (χ3n) is 6.03. The monoisotopic (exact) mass is 424 g/mol. The first-order valence-electron chi connectivity index (χ1n) is 11.1. The first-order chi connectivity index (χ1) is 14.9. The Morgan fingerprint density at radius 2 is 1.94 bits per heavy atom. The van der Waals surface area contributed by atoms with Crippen LogP contribution in [0.3, 0.4) is 0 Å². The molecule has 1 aliphatic heterocycles. The molecule has 1 aromatic carbocycles. The summed E-state index contributed by atoms with van der Waals surface area (Å²) in [5.74, 6) is 1.45. The van der Waals surface area contributed by atoms with Crippen molar-refractivity contribution >= 4 is 11.9 Å². The van der Waals surface area contributed by atoms with E-state index in [-0.39, 0.29) is 17.4 Å². The number of hydrogen-bond donors (Lipinski definition) is 1. The zero-order valence-electron chi connectivity index (χ0n) is 18.7. The van der Waals surface area contributed by atoms with Gasteiger partial charge >= 0.3 is 0 Å². The minimum atomic E-state index is -0.100. The molecule has 1 aromatic heterocycles. The van der Waals surface area contributed by atoms with Crippen LogP contribution < -0.4 is 15.0 Å². The lowest BCUT2D eigenvalue weighted by molar-refractivity contribution is 0.0919. The fourth-order valence-corrected chi connectivity index (χ4v) is 4.42. The van der Waals surface area contributed by atoms with Gasteiger partial charge in [-0.3, -0.25) is 4.79 Å². The number of amides is 1. The lowest BCUT2D eigenvalue weighted by Crippen LogP contribution is -2.37. The summed E-state index contributed by atoms with van der Waals surface area (Å²) in [4.78, 5) is 24.8. The maximum atomic E-state index is 13.0. The zero-order chi connectivity index (χ0) is 21.8. The summed E-state index contributed by atoms with van der Waals surface area (Å²) in [5.41, 5.74) is 2.76. The Morgan fingerprint density at radius 3 is 2.65 bits per heavy atom. The molecule has 7 nitrogen and oxygen atoms in total. The molecule has 1 saturated heterocycles. The Labute approximate surface area is 184 Å². The zero-order valence-corrected chi connectivity index (χ0v) is 18.7. The number of nitrogens with one attached hydrogen (secondary N) is 1. The van der Waals surface area contributed by atoms with E-state index in [2.05, 4.69) is 29.0 Å². The largest absolute Gasteiger partial charge is 0.491 e. The summed E-state index contributed by atoms with van der Waals surface area (Å²) < 4.78 is 10.6. The van der Waals surface area contributed by atoms with Crippen molar-refractivity contribution in [3.05, 3.63) is 47.3 Å². The normalized spacial score (nSPS) is 19.7. The second-order valence-electron chi connectivity index (χ2n) is 9.20. The van der Waals surface area contributed by atoms with E-state index in [0.717, 1.165) is 48.9 Å². The van der Waals surface area contributed by atoms with E-state index < -0.39 is 0 Å². The fraction of sp³-hybridized carbons (Fsp3) is 0.542. The maximum absolute atomic E-state index is 13.0. The quantitative estimate of drug-likeness (QED) is 0.685. The highest BCUT2D eigenvalue weighted by atomic mass is 16.5. The van der Waals surface area contributed by atoms with Crippen LogP contribution in [0.2, 0.25) is 0 Å². The Morgan fingerprint density at radius 1 is 1.19 bits per heavy atom. The van der Waals surface area contributed by atoms with E-state index in [9.17, 15) is 4.79 Å². The van der Waals surface area contributed by atoms with Gasteiger partial charge in [0.15, 0.2) is 0 Å². The molecule has 2 aliphatic rings. The molecule has 0 spiro atoms. The molecule has 1 fully saturated rings. The van der Waals surface area contributed by atoms with Crippen molar-refractivity contribution in [1.82, 2.24) is 15.3 Å². The summed E-state index contributed by atoms with van der Waals surface area (Å²) >= 11 is 0. The lowest BCUT2D eigenvalue weighted by Gasteiger charge is -2.36. The fourth-order valence-electron chi connectivity index (χ4n) is 4.42. The van der Waals surface area contributed by atoms with Crippen LogP contribution in [-0.2, 0) is 11.2 Å². The number of carbonyl (C=O) groups is 1. The molecule has 2 heterocycles. The van der Waals surface area contributed by atoms with Gasteiger partial charge in [-0.15, -0.1) is 0 Å². The standard InChI is InChI=1S/C24H32N4O3/c1-24(2)14-20(19-16-25-23(27-21(19)15-24)28-10-4-5-11-28)26-22(29)17-6-8-18(9-7-17)31-13-12-30-3/h6-9,16,20H,4-5,10-15H2,1-3H3,(H,26,29). The molecule has 0 saturated carbocycles. The topological polar surface area (TPSA) is 76.6 Å². The van der Waals surface area contributed by atoms with Crippen molar-refractivity contribution in [2.24, 2.45) is 5.41 Å². The number of methoxy groups -OCH3 is 1. The van der Waals surface area contributed by atoms with E-state index in [4.69, 9.17) is 14.5 Å². The van der Waals surface area contributed by atoms with Crippen molar-refractivity contribution in [3.63, 3.8) is 0 Å². The molecule has 1 amide bonds. The van der Waals surface area contributed by atoms with Gasteiger partial charge < -0.3 is 19.7 Å². The minimum absolute atomic E-state index is 0.0562. The van der Waals surface area contributed by atoms with E-state index in [1.165, 1.54) is 12.8 Å². The van der Waals surface area contributed by atoms with Crippen LogP contribution in [-0.4, -0.2) is 49.3 Å². The van der Waals surface area contributed by atoms with Gasteiger partial charge in [0.05, 0.1) is 18.3 Å². The molecule has 0 bridgehead atoms. The molecule has 166 valence electrons. The molecule has 31 heavy (non-hydrogen) atoms. The molecular formula is C24H32N4O3. The summed E-state index contributed by atoms with van der Waals surface area (Å²) in [6, 6.07) is 7.11. The van der Waals surface area contributed by atoms with E-state index in [0.29, 0.717) is 18.8 Å². The number of ether oxygens (including phenoxy) is 2. The molecule has 1 unspecified atom stereocenters. The highest BCUT2D eigenvalue weighted by Crippen LogP contribution is 2.40. The average Bonchev–Trinajstić information content (AvgIpc) is 3.28. The third-order valence-corrected chi connectivity index (χ3v) is 6.03. The Bertz CT molecular complexity index is 908. The first-order valence-corrected chi connectivity index (χ1v) is 11.1. The molecule has 1 aliphatic carbocycles. The van der Waals surface area contributed by atoms with Gasteiger partial charge in [-0.2, -0.15) is 0 Å². The predicted octanol–water partition coefficient (Wildman–Crippen LogP) is 3.55. The summed E-state index contributed by atoms with van der Waals surface area (Å²) in [5, 5.41) is 3.21. The van der Waals surface area contributed by atoms with Crippen molar-refractivity contribution in [1.29, 1.82) is 0 Å². The highest BCUT2D eigenvalue weighted by Gasteiger charge is 2.35. The van der Waals surface area contributed by atoms with Crippen LogP contribution in [0.1, 0.15) is 60.8 Å². The molecule has 7 heteroatoms. The highest BCUT2D eigenvalue weighted by molar-refractivity contribution is 5.94. The van der Waals surface area contributed by atoms with Crippen molar-refractivity contribution in [3.8, 4) is 5.75 Å². The summed E-state index contributed by atoms with van der Waals surface area (Å²) in [7, 11) is 1.64. The Kier molecular flexibility index (Phi) is 6.41. The van der Waals surface area contributed by atoms with Crippen LogP contribution >= 0.6 is 0 Å².